The normalized spacial score (nSPS) is 9.47. The number of amides is 1. The fourth-order valence-corrected chi connectivity index (χ4v) is 1.20. The van der Waals surface area contributed by atoms with Crippen LogP contribution in [-0.2, 0) is 14.3 Å². The van der Waals surface area contributed by atoms with Gasteiger partial charge in [-0.2, -0.15) is 0 Å². The van der Waals surface area contributed by atoms with Crippen LogP contribution in [0.2, 0.25) is 0 Å². The lowest BCUT2D eigenvalue weighted by Gasteiger charge is -2.20. The number of nitrogens with zero attached hydrogens (tertiary/aromatic N) is 1. The summed E-state index contributed by atoms with van der Waals surface area (Å²) in [6, 6.07) is 0. The zero-order valence-electron chi connectivity index (χ0n) is 9.49. The summed E-state index contributed by atoms with van der Waals surface area (Å²) in [5.74, 6) is -0.355. The van der Waals surface area contributed by atoms with Gasteiger partial charge < -0.3 is 9.64 Å². The number of esters is 1. The van der Waals surface area contributed by atoms with Crippen LogP contribution in [0.5, 0.6) is 0 Å². The zero-order chi connectivity index (χ0) is 11.7. The maximum absolute atomic E-state index is 11.3. The lowest BCUT2D eigenvalue weighted by molar-refractivity contribution is -0.141. The maximum atomic E-state index is 11.3. The van der Waals surface area contributed by atoms with E-state index in [-0.39, 0.29) is 11.9 Å². The molecule has 0 aromatic carbocycles. The molecule has 0 saturated heterocycles. The minimum absolute atomic E-state index is 0.0697. The molecule has 0 heterocycles. The van der Waals surface area contributed by atoms with Crippen molar-refractivity contribution >= 4 is 11.9 Å². The van der Waals surface area contributed by atoms with E-state index in [4.69, 9.17) is 4.74 Å². The van der Waals surface area contributed by atoms with Crippen LogP contribution in [0.3, 0.4) is 0 Å². The van der Waals surface area contributed by atoms with Crippen molar-refractivity contribution in [3.8, 4) is 0 Å². The number of hydrogen-bond donors (Lipinski definition) is 0. The van der Waals surface area contributed by atoms with Crippen molar-refractivity contribution in [2.75, 3.05) is 19.7 Å². The number of carbonyl (C=O) groups excluding carboxylic acids is 2. The van der Waals surface area contributed by atoms with E-state index in [9.17, 15) is 9.59 Å². The van der Waals surface area contributed by atoms with Gasteiger partial charge in [0.05, 0.1) is 6.61 Å². The molecule has 0 aliphatic heterocycles. The Bertz CT molecular complexity index is 226. The zero-order valence-corrected chi connectivity index (χ0v) is 9.49. The third-order valence-electron chi connectivity index (χ3n) is 1.86. The molecule has 0 aliphatic carbocycles. The van der Waals surface area contributed by atoms with Gasteiger partial charge in [0, 0.05) is 20.0 Å². The molecule has 0 N–H and O–H groups in total. The molecular formula is C11H19NO3. The Balaban J connectivity index is 3.80. The summed E-state index contributed by atoms with van der Waals surface area (Å²) in [6.45, 7) is 8.50. The molecule has 86 valence electrons. The third kappa shape index (κ3) is 6.71. The predicted octanol–water partition coefficient (Wildman–Crippen LogP) is 1.36. The molecule has 0 unspecified atom stereocenters. The van der Waals surface area contributed by atoms with E-state index in [0.717, 1.165) is 6.42 Å². The third-order valence-corrected chi connectivity index (χ3v) is 1.86. The highest BCUT2D eigenvalue weighted by atomic mass is 16.5. The molecule has 0 aromatic rings. The molecule has 0 radical (unpaired) electrons. The molecule has 15 heavy (non-hydrogen) atoms. The van der Waals surface area contributed by atoms with Gasteiger partial charge in [0.2, 0.25) is 5.91 Å². The van der Waals surface area contributed by atoms with E-state index in [1.54, 1.807) is 4.90 Å². The summed E-state index contributed by atoms with van der Waals surface area (Å²) in [7, 11) is 0. The largest absolute Gasteiger partial charge is 0.466 e. The van der Waals surface area contributed by atoms with Gasteiger partial charge in [-0.15, -0.1) is 0 Å². The van der Waals surface area contributed by atoms with Crippen LogP contribution in [0.1, 0.15) is 26.7 Å². The second kappa shape index (κ2) is 8.03. The molecule has 0 saturated carbocycles. The van der Waals surface area contributed by atoms with Gasteiger partial charge in [-0.1, -0.05) is 13.5 Å². The first-order valence-electron chi connectivity index (χ1n) is 5.16. The Morgan fingerprint density at radius 3 is 2.53 bits per heavy atom. The maximum Gasteiger partial charge on any atom is 0.302 e. The highest BCUT2D eigenvalue weighted by Gasteiger charge is 2.08. The average molecular weight is 213 g/mol. The van der Waals surface area contributed by atoms with E-state index in [1.807, 2.05) is 6.92 Å². The first kappa shape index (κ1) is 13.7. The van der Waals surface area contributed by atoms with Crippen molar-refractivity contribution in [2.45, 2.75) is 26.7 Å². The van der Waals surface area contributed by atoms with E-state index in [0.29, 0.717) is 26.1 Å². The number of rotatable bonds is 7. The Hall–Kier alpha value is -1.32. The van der Waals surface area contributed by atoms with Crippen molar-refractivity contribution < 1.29 is 14.3 Å². The SMILES string of the molecule is C=CC(=O)N(CCC)CCCOC(C)=O. The average Bonchev–Trinajstić information content (AvgIpc) is 2.21. The number of ether oxygens (including phenoxy) is 1. The Morgan fingerprint density at radius 2 is 2.07 bits per heavy atom. The van der Waals surface area contributed by atoms with Crippen molar-refractivity contribution in [3.05, 3.63) is 12.7 Å². The highest BCUT2D eigenvalue weighted by Crippen LogP contribution is 1.96. The number of hydrogen-bond acceptors (Lipinski definition) is 3. The standard InChI is InChI=1S/C11H19NO3/c1-4-7-12(11(14)5-2)8-6-9-15-10(3)13/h5H,2,4,6-9H2,1,3H3. The Kier molecular flexibility index (Phi) is 7.32. The molecule has 0 rings (SSSR count). The van der Waals surface area contributed by atoms with Crippen LogP contribution in [-0.4, -0.2) is 36.5 Å². The number of carbonyl (C=O) groups is 2. The second-order valence-corrected chi connectivity index (χ2v) is 3.22. The topological polar surface area (TPSA) is 46.6 Å². The summed E-state index contributed by atoms with van der Waals surface area (Å²) < 4.78 is 4.78. The molecule has 4 heteroatoms. The van der Waals surface area contributed by atoms with E-state index in [2.05, 4.69) is 6.58 Å². The minimum Gasteiger partial charge on any atom is -0.466 e. The predicted molar refractivity (Wildman–Crippen MR) is 58.3 cm³/mol. The first-order chi connectivity index (χ1) is 7.11. The monoisotopic (exact) mass is 213 g/mol. The van der Waals surface area contributed by atoms with Gasteiger partial charge in [0.15, 0.2) is 0 Å². The quantitative estimate of drug-likeness (QED) is 0.364. The van der Waals surface area contributed by atoms with Gasteiger partial charge in [-0.3, -0.25) is 9.59 Å². The van der Waals surface area contributed by atoms with Gasteiger partial charge >= 0.3 is 5.97 Å². The molecule has 1 amide bonds. The molecule has 0 aromatic heterocycles. The van der Waals surface area contributed by atoms with Crippen LogP contribution in [0.25, 0.3) is 0 Å². The van der Waals surface area contributed by atoms with Crippen LogP contribution >= 0.6 is 0 Å². The van der Waals surface area contributed by atoms with Gasteiger partial charge in [-0.05, 0) is 18.9 Å². The van der Waals surface area contributed by atoms with E-state index < -0.39 is 0 Å². The van der Waals surface area contributed by atoms with Crippen LogP contribution in [0.15, 0.2) is 12.7 Å². The summed E-state index contributed by atoms with van der Waals surface area (Å²) >= 11 is 0. The molecule has 4 nitrogen and oxygen atoms in total. The summed E-state index contributed by atoms with van der Waals surface area (Å²) in [5, 5.41) is 0. The van der Waals surface area contributed by atoms with Gasteiger partial charge in [0.1, 0.15) is 0 Å². The van der Waals surface area contributed by atoms with Crippen molar-refractivity contribution in [3.63, 3.8) is 0 Å². The molecule has 0 fully saturated rings. The van der Waals surface area contributed by atoms with Crippen molar-refractivity contribution in [2.24, 2.45) is 0 Å². The van der Waals surface area contributed by atoms with Crippen molar-refractivity contribution in [1.29, 1.82) is 0 Å². The van der Waals surface area contributed by atoms with Crippen LogP contribution in [0, 0.1) is 0 Å². The first-order valence-corrected chi connectivity index (χ1v) is 5.16. The van der Waals surface area contributed by atoms with Crippen LogP contribution in [0.4, 0.5) is 0 Å². The van der Waals surface area contributed by atoms with E-state index >= 15 is 0 Å². The second-order valence-electron chi connectivity index (χ2n) is 3.22. The molecule has 0 bridgehead atoms. The van der Waals surface area contributed by atoms with Gasteiger partial charge in [0.25, 0.3) is 0 Å². The van der Waals surface area contributed by atoms with E-state index in [1.165, 1.54) is 13.0 Å². The molecular weight excluding hydrogens is 194 g/mol. The minimum atomic E-state index is -0.285. The molecule has 0 aliphatic rings. The smallest absolute Gasteiger partial charge is 0.302 e. The molecule has 0 atom stereocenters. The summed E-state index contributed by atoms with van der Waals surface area (Å²) in [4.78, 5) is 23.5. The fraction of sp³-hybridized carbons (Fsp3) is 0.636. The van der Waals surface area contributed by atoms with Gasteiger partial charge in [-0.25, -0.2) is 0 Å². The Labute approximate surface area is 90.9 Å². The van der Waals surface area contributed by atoms with Crippen LogP contribution < -0.4 is 0 Å². The van der Waals surface area contributed by atoms with Crippen molar-refractivity contribution in [1.82, 2.24) is 4.90 Å². The lowest BCUT2D eigenvalue weighted by Crippen LogP contribution is -2.31. The summed E-state index contributed by atoms with van der Waals surface area (Å²) in [6.07, 6.45) is 2.88. The lowest BCUT2D eigenvalue weighted by atomic mass is 10.3. The highest BCUT2D eigenvalue weighted by molar-refractivity contribution is 5.86. The molecule has 0 spiro atoms. The summed E-state index contributed by atoms with van der Waals surface area (Å²) in [5.41, 5.74) is 0. The fourth-order valence-electron chi connectivity index (χ4n) is 1.20. The Morgan fingerprint density at radius 1 is 1.40 bits per heavy atom.